The number of nitrogens with one attached hydrogen (secondary N) is 1. The maximum absolute atomic E-state index is 4.10. The first-order valence-corrected chi connectivity index (χ1v) is 7.30. The first-order chi connectivity index (χ1) is 9.93. The van der Waals surface area contributed by atoms with Crippen molar-refractivity contribution in [3.63, 3.8) is 0 Å². The second-order valence-electron chi connectivity index (χ2n) is 5.19. The smallest absolute Gasteiger partial charge is 0.185 e. The molecule has 2 aromatic rings. The van der Waals surface area contributed by atoms with E-state index < -0.39 is 0 Å². The van der Waals surface area contributed by atoms with E-state index in [2.05, 4.69) is 21.7 Å². The largest absolute Gasteiger partial charge is 0.309 e. The lowest BCUT2D eigenvalue weighted by Gasteiger charge is -2.10. The van der Waals surface area contributed by atoms with Crippen LogP contribution in [0.25, 0.3) is 11.8 Å². The summed E-state index contributed by atoms with van der Waals surface area (Å²) >= 11 is 0. The van der Waals surface area contributed by atoms with Crippen molar-refractivity contribution >= 4 is 6.08 Å². The van der Waals surface area contributed by atoms with Crippen LogP contribution in [0.3, 0.4) is 0 Å². The Labute approximate surface area is 118 Å². The molecule has 5 nitrogen and oxygen atoms in total. The van der Waals surface area contributed by atoms with Crippen LogP contribution in [0.5, 0.6) is 0 Å². The molecule has 0 unspecified atom stereocenters. The van der Waals surface area contributed by atoms with Crippen molar-refractivity contribution in [3.05, 3.63) is 42.4 Å². The fourth-order valence-electron chi connectivity index (χ4n) is 2.59. The van der Waals surface area contributed by atoms with Gasteiger partial charge in [-0.2, -0.15) is 4.68 Å². The summed E-state index contributed by atoms with van der Waals surface area (Å²) in [5.74, 6) is 0.785. The lowest BCUT2D eigenvalue weighted by molar-refractivity contribution is -0.845. The SMILES string of the molecule is C(=C\[NH+]1CCCCCC1)/c1nnnn1-c1ccccc1. The molecule has 1 saturated heterocycles. The predicted molar refractivity (Wildman–Crippen MR) is 77.4 cm³/mol. The van der Waals surface area contributed by atoms with Crippen LogP contribution in [0, 0.1) is 0 Å². The fourth-order valence-corrected chi connectivity index (χ4v) is 2.59. The predicted octanol–water partition coefficient (Wildman–Crippen LogP) is 1.09. The zero-order valence-corrected chi connectivity index (χ0v) is 11.6. The highest BCUT2D eigenvalue weighted by molar-refractivity contribution is 5.42. The van der Waals surface area contributed by atoms with Crippen molar-refractivity contribution in [2.75, 3.05) is 13.1 Å². The Morgan fingerprint density at radius 1 is 1.00 bits per heavy atom. The summed E-state index contributed by atoms with van der Waals surface area (Å²) in [5, 5.41) is 11.9. The summed E-state index contributed by atoms with van der Waals surface area (Å²) in [4.78, 5) is 1.52. The second kappa shape index (κ2) is 6.43. The van der Waals surface area contributed by atoms with Gasteiger partial charge in [0, 0.05) is 6.08 Å². The van der Waals surface area contributed by atoms with Crippen LogP contribution in [0.4, 0.5) is 0 Å². The Balaban J connectivity index is 1.76. The number of quaternary nitrogens is 1. The number of hydrogen-bond acceptors (Lipinski definition) is 3. The molecule has 0 aliphatic carbocycles. The minimum absolute atomic E-state index is 0.785. The first-order valence-electron chi connectivity index (χ1n) is 7.30. The van der Waals surface area contributed by atoms with Gasteiger partial charge < -0.3 is 4.90 Å². The Kier molecular flexibility index (Phi) is 4.18. The topological polar surface area (TPSA) is 48.0 Å². The summed E-state index contributed by atoms with van der Waals surface area (Å²) in [6, 6.07) is 9.98. The summed E-state index contributed by atoms with van der Waals surface area (Å²) in [6.07, 6.45) is 9.58. The van der Waals surface area contributed by atoms with Crippen LogP contribution in [-0.4, -0.2) is 33.3 Å². The molecule has 1 aliphatic heterocycles. The summed E-state index contributed by atoms with van der Waals surface area (Å²) in [6.45, 7) is 2.42. The molecule has 0 bridgehead atoms. The normalized spacial score (nSPS) is 17.4. The van der Waals surface area contributed by atoms with Crippen molar-refractivity contribution < 1.29 is 4.90 Å². The third-order valence-corrected chi connectivity index (χ3v) is 3.71. The van der Waals surface area contributed by atoms with Gasteiger partial charge in [0.05, 0.1) is 25.0 Å². The van der Waals surface area contributed by atoms with E-state index in [4.69, 9.17) is 0 Å². The van der Waals surface area contributed by atoms with Crippen LogP contribution in [-0.2, 0) is 0 Å². The summed E-state index contributed by atoms with van der Waals surface area (Å²) < 4.78 is 1.77. The number of para-hydroxylation sites is 1. The van der Waals surface area contributed by atoms with Gasteiger partial charge in [0.15, 0.2) is 5.82 Å². The highest BCUT2D eigenvalue weighted by Crippen LogP contribution is 2.07. The molecule has 1 aliphatic rings. The number of benzene rings is 1. The number of tetrazole rings is 1. The highest BCUT2D eigenvalue weighted by Gasteiger charge is 2.10. The maximum atomic E-state index is 4.10. The van der Waals surface area contributed by atoms with Crippen LogP contribution in [0.1, 0.15) is 31.5 Å². The van der Waals surface area contributed by atoms with E-state index in [1.54, 1.807) is 4.68 Å². The molecule has 1 aromatic heterocycles. The van der Waals surface area contributed by atoms with Crippen molar-refractivity contribution in [1.82, 2.24) is 20.2 Å². The maximum Gasteiger partial charge on any atom is 0.185 e. The lowest BCUT2D eigenvalue weighted by Crippen LogP contribution is -3.07. The number of nitrogens with zero attached hydrogens (tertiary/aromatic N) is 4. The number of aromatic nitrogens is 4. The van der Waals surface area contributed by atoms with Crippen LogP contribution < -0.4 is 4.90 Å². The fraction of sp³-hybridized carbons (Fsp3) is 0.400. The van der Waals surface area contributed by atoms with Gasteiger partial charge >= 0.3 is 0 Å². The van der Waals surface area contributed by atoms with Crippen molar-refractivity contribution in [1.29, 1.82) is 0 Å². The molecule has 5 heteroatoms. The van der Waals surface area contributed by atoms with E-state index >= 15 is 0 Å². The van der Waals surface area contributed by atoms with Gasteiger partial charge in [-0.05, 0) is 48.2 Å². The van der Waals surface area contributed by atoms with E-state index in [9.17, 15) is 0 Å². The van der Waals surface area contributed by atoms with E-state index in [0.717, 1.165) is 11.5 Å². The third kappa shape index (κ3) is 3.11. The van der Waals surface area contributed by atoms with Gasteiger partial charge in [-0.3, -0.25) is 0 Å². The quantitative estimate of drug-likeness (QED) is 0.908. The van der Waals surface area contributed by atoms with Gasteiger partial charge in [-0.15, -0.1) is 5.10 Å². The summed E-state index contributed by atoms with van der Waals surface area (Å²) in [7, 11) is 0. The minimum Gasteiger partial charge on any atom is -0.309 e. The van der Waals surface area contributed by atoms with E-state index in [1.807, 2.05) is 36.4 Å². The van der Waals surface area contributed by atoms with Crippen LogP contribution >= 0.6 is 0 Å². The third-order valence-electron chi connectivity index (χ3n) is 3.71. The molecule has 0 spiro atoms. The molecule has 0 radical (unpaired) electrons. The van der Waals surface area contributed by atoms with Gasteiger partial charge in [-0.1, -0.05) is 18.2 Å². The van der Waals surface area contributed by atoms with E-state index in [-0.39, 0.29) is 0 Å². The Hall–Kier alpha value is -2.01. The van der Waals surface area contributed by atoms with Gasteiger partial charge in [0.25, 0.3) is 0 Å². The Bertz CT molecular complexity index is 553. The zero-order valence-electron chi connectivity index (χ0n) is 11.6. The lowest BCUT2D eigenvalue weighted by atomic mass is 10.2. The average Bonchev–Trinajstić information content (AvgIpc) is 2.81. The van der Waals surface area contributed by atoms with E-state index in [0.29, 0.717) is 0 Å². The standard InChI is InChI=1S/C15H19N5/c1-2-7-12-19(11-6-1)13-10-15-16-17-18-20(15)14-8-4-3-5-9-14/h3-5,8-10,13H,1-2,6-7,11-12H2/p+1/b13-10+. The highest BCUT2D eigenvalue weighted by atomic mass is 15.5. The Morgan fingerprint density at radius 3 is 2.50 bits per heavy atom. The van der Waals surface area contributed by atoms with Crippen LogP contribution in [0.15, 0.2) is 36.5 Å². The van der Waals surface area contributed by atoms with Gasteiger partial charge in [0.2, 0.25) is 0 Å². The molecule has 0 amide bonds. The minimum atomic E-state index is 0.785. The number of hydrogen-bond donors (Lipinski definition) is 1. The molecule has 1 N–H and O–H groups in total. The van der Waals surface area contributed by atoms with E-state index in [1.165, 1.54) is 43.7 Å². The van der Waals surface area contributed by atoms with Crippen molar-refractivity contribution in [2.24, 2.45) is 0 Å². The molecule has 0 saturated carbocycles. The number of rotatable bonds is 3. The molecule has 1 aromatic carbocycles. The molecule has 1 fully saturated rings. The first kappa shape index (κ1) is 13.0. The zero-order chi connectivity index (χ0) is 13.6. The molecule has 2 heterocycles. The molecule has 3 rings (SSSR count). The number of likely N-dealkylation sites (tertiary alicyclic amines) is 1. The second-order valence-corrected chi connectivity index (χ2v) is 5.19. The van der Waals surface area contributed by atoms with Crippen molar-refractivity contribution in [3.8, 4) is 5.69 Å². The summed E-state index contributed by atoms with van der Waals surface area (Å²) in [5.41, 5.74) is 0.989. The van der Waals surface area contributed by atoms with Crippen molar-refractivity contribution in [2.45, 2.75) is 25.7 Å². The monoisotopic (exact) mass is 270 g/mol. The Morgan fingerprint density at radius 2 is 1.75 bits per heavy atom. The molecule has 104 valence electrons. The molecular weight excluding hydrogens is 250 g/mol. The molecule has 20 heavy (non-hydrogen) atoms. The van der Waals surface area contributed by atoms with Crippen LogP contribution in [0.2, 0.25) is 0 Å². The molecular formula is C15H20N5+. The average molecular weight is 270 g/mol. The molecule has 0 atom stereocenters. The van der Waals surface area contributed by atoms with Gasteiger partial charge in [-0.25, -0.2) is 0 Å². The van der Waals surface area contributed by atoms with Gasteiger partial charge in [0.1, 0.15) is 0 Å².